The summed E-state index contributed by atoms with van der Waals surface area (Å²) in [7, 11) is 0. The van der Waals surface area contributed by atoms with Crippen molar-refractivity contribution >= 4 is 150 Å². The summed E-state index contributed by atoms with van der Waals surface area (Å²) in [6.07, 6.45) is 0. The highest BCUT2D eigenvalue weighted by atomic mass is 32.1. The lowest BCUT2D eigenvalue weighted by Gasteiger charge is -2.25. The van der Waals surface area contributed by atoms with E-state index in [9.17, 15) is 0 Å². The molecule has 1 aliphatic rings. The molecule has 24 aromatic carbocycles. The first-order valence-electron chi connectivity index (χ1n) is 50.5. The molecule has 0 radical (unpaired) electrons. The molecule has 1 aliphatic carbocycles. The molecule has 0 saturated carbocycles. The van der Waals surface area contributed by atoms with Gasteiger partial charge in [0.25, 0.3) is 0 Å². The average molecular weight is 1920 g/mol. The lowest BCUT2D eigenvalue weighted by molar-refractivity contribution is 0.667. The minimum absolute atomic E-state index is 0.184. The van der Waals surface area contributed by atoms with E-state index in [0.29, 0.717) is 52.4 Å². The monoisotopic (exact) mass is 1920 g/mol. The van der Waals surface area contributed by atoms with E-state index in [1.165, 1.54) is 140 Å². The van der Waals surface area contributed by atoms with Crippen LogP contribution in [-0.2, 0) is 5.41 Å². The van der Waals surface area contributed by atoms with Crippen LogP contribution in [0.3, 0.4) is 0 Å². The number of para-hydroxylation sites is 1. The first kappa shape index (κ1) is 87.5. The van der Waals surface area contributed by atoms with Crippen LogP contribution in [0.1, 0.15) is 25.0 Å². The molecule has 5 aromatic heterocycles. The fourth-order valence-electron chi connectivity index (χ4n) is 22.9. The third-order valence-corrected chi connectivity index (χ3v) is 31.0. The molecule has 0 spiro atoms. The molecule has 29 aromatic rings. The van der Waals surface area contributed by atoms with Gasteiger partial charge in [-0.25, -0.2) is 44.9 Å². The third kappa shape index (κ3) is 15.0. The van der Waals surface area contributed by atoms with Crippen molar-refractivity contribution in [1.29, 1.82) is 0 Å². The van der Waals surface area contributed by atoms with Gasteiger partial charge in [-0.3, -0.25) is 0 Å². The molecular weight excluding hydrogens is 1830 g/mol. The zero-order chi connectivity index (χ0) is 98.7. The molecule has 0 atom stereocenters. The van der Waals surface area contributed by atoms with Gasteiger partial charge in [-0.05, 0) is 154 Å². The second kappa shape index (κ2) is 36.2. The number of fused-ring (bicyclic) bond motifs is 30. The van der Waals surface area contributed by atoms with Crippen LogP contribution in [0, 0.1) is 0 Å². The van der Waals surface area contributed by atoms with Gasteiger partial charge in [-0.1, -0.05) is 487 Å². The first-order valence-corrected chi connectivity index (χ1v) is 51.3. The maximum Gasteiger partial charge on any atom is 0.164 e. The van der Waals surface area contributed by atoms with Crippen molar-refractivity contribution in [1.82, 2.24) is 44.9 Å². The highest BCUT2D eigenvalue weighted by Gasteiger charge is 2.39. The fraction of sp³-hybridized carbons (Fsp3) is 0.0217. The molecule has 0 saturated heterocycles. The van der Waals surface area contributed by atoms with Gasteiger partial charge < -0.3 is 4.42 Å². The number of nitrogens with zero attached hydrogens (tertiary/aromatic N) is 9. The Kier molecular flexibility index (Phi) is 21.3. The number of aromatic nitrogens is 9. The van der Waals surface area contributed by atoms with Crippen LogP contribution in [0.2, 0.25) is 0 Å². The zero-order valence-electron chi connectivity index (χ0n) is 81.1. The predicted octanol–water partition coefficient (Wildman–Crippen LogP) is 36.6. The Bertz CT molecular complexity index is 10200. The number of hydrogen-bond donors (Lipinski definition) is 0. The smallest absolute Gasteiger partial charge is 0.164 e. The van der Waals surface area contributed by atoms with Crippen molar-refractivity contribution in [2.24, 2.45) is 0 Å². The van der Waals surface area contributed by atoms with Crippen molar-refractivity contribution in [3.05, 3.63) is 503 Å². The normalized spacial score (nSPS) is 12.1. The van der Waals surface area contributed by atoms with E-state index in [2.05, 4.69) is 341 Å². The fourth-order valence-corrected chi connectivity index (χ4v) is 24.3. The molecule has 0 unspecified atom stereocenters. The second-order valence-corrected chi connectivity index (χ2v) is 39.7. The van der Waals surface area contributed by atoms with E-state index in [0.717, 1.165) is 105 Å². The van der Waals surface area contributed by atoms with Gasteiger partial charge in [0.2, 0.25) is 0 Å². The standard InChI is InChI=1S/C48H33N3.C45H27N3O.C45H27N3S/c1-48(2)42-28-25-32(29-41(42)39-27-26-38-36-22-11-10-20-34(36)35-21-12-13-23-37(35)43(38)44(39)48)33-19-9-14-24-40(33)47-50-45(30-15-5-3-6-16-30)49-46(51-47)31-17-7-4-8-18-31;1-3-14-28(15-4-1)43-46-44(29-16-5-2-6-17-29)48-45(47-43)39-23-12-10-21-33(39)36-24-13-25-37-38-27-26-35-32-20-8-7-18-30(32)31-19-9-11-22-34(31)40(35)42(38)49-41(36)37;1-3-13-28(14-4-1)43-46-44(29-15-5-2-6-16-29)48-45(47-43)31-18-11-17-30(27-31)32-23-12-24-38-39-26-25-37-35-21-8-7-19-33(35)34-20-9-10-22-36(34)40(37)42(39)49-41(32)38/h3-29H,1-2H3;2*1-27H. The second-order valence-electron chi connectivity index (χ2n) is 38.7. The van der Waals surface area contributed by atoms with E-state index in [-0.39, 0.29) is 5.41 Å². The van der Waals surface area contributed by atoms with Crippen molar-refractivity contribution < 1.29 is 4.42 Å². The maximum atomic E-state index is 7.03. The van der Waals surface area contributed by atoms with Crippen LogP contribution in [0.15, 0.2) is 496 Å². The number of furan rings is 1. The van der Waals surface area contributed by atoms with Crippen molar-refractivity contribution in [2.75, 3.05) is 0 Å². The van der Waals surface area contributed by atoms with E-state index in [1.54, 1.807) is 0 Å². The molecule has 10 nitrogen and oxygen atoms in total. The largest absolute Gasteiger partial charge is 0.455 e. The van der Waals surface area contributed by atoms with Crippen molar-refractivity contribution in [3.8, 4) is 147 Å². The minimum atomic E-state index is -0.184. The Morgan fingerprint density at radius 3 is 0.893 bits per heavy atom. The van der Waals surface area contributed by atoms with Gasteiger partial charge in [0, 0.05) is 103 Å². The van der Waals surface area contributed by atoms with E-state index >= 15 is 0 Å². The van der Waals surface area contributed by atoms with Crippen LogP contribution in [0.5, 0.6) is 0 Å². The predicted molar refractivity (Wildman–Crippen MR) is 620 cm³/mol. The van der Waals surface area contributed by atoms with Gasteiger partial charge in [-0.2, -0.15) is 0 Å². The van der Waals surface area contributed by atoms with Crippen LogP contribution in [-0.4, -0.2) is 44.9 Å². The number of hydrogen-bond acceptors (Lipinski definition) is 11. The van der Waals surface area contributed by atoms with Crippen LogP contribution < -0.4 is 0 Å². The first-order chi connectivity index (χ1) is 73.7. The number of rotatable bonds is 12. The molecule has 0 amide bonds. The molecule has 30 rings (SSSR count). The quantitative estimate of drug-likeness (QED) is 0.109. The third-order valence-electron chi connectivity index (χ3n) is 29.7. The van der Waals surface area contributed by atoms with Gasteiger partial charge in [0.15, 0.2) is 52.4 Å². The molecule has 149 heavy (non-hydrogen) atoms. The van der Waals surface area contributed by atoms with E-state index in [4.69, 9.17) is 49.3 Å². The Labute approximate surface area is 862 Å². The highest BCUT2D eigenvalue weighted by molar-refractivity contribution is 7.27. The molecule has 0 aliphatic heterocycles. The summed E-state index contributed by atoms with van der Waals surface area (Å²) in [6.45, 7) is 4.77. The summed E-state index contributed by atoms with van der Waals surface area (Å²) in [5.41, 5.74) is 22.0. The summed E-state index contributed by atoms with van der Waals surface area (Å²) in [6, 6.07) is 173. The topological polar surface area (TPSA) is 129 Å². The molecule has 0 fully saturated rings. The van der Waals surface area contributed by atoms with Gasteiger partial charge in [0.1, 0.15) is 11.2 Å². The number of thiophene rings is 1. The molecule has 5 heterocycles. The minimum Gasteiger partial charge on any atom is -0.455 e. The summed E-state index contributed by atoms with van der Waals surface area (Å²) < 4.78 is 9.64. The molecular formula is C138H87N9OS. The van der Waals surface area contributed by atoms with Crippen LogP contribution >= 0.6 is 11.3 Å². The SMILES string of the molecule is CC1(C)c2ccc(-c3ccccc3-c3nc(-c4ccccc4)nc(-c4ccccc4)n3)cc2-c2ccc3c4ccccc4c4ccccc4c3c21.c1ccc(-c2nc(-c3ccccc3)nc(-c3cccc(-c4cccc5c4sc4c5ccc5c6ccccc6c6ccccc6c54)c3)n2)cc1.c1ccc(-c2nc(-c3ccccc3)nc(-c3ccccc3-c3cccc4c3oc3c4ccc4c5ccccc5c5ccccc5c43)n2)cc1. The zero-order valence-corrected chi connectivity index (χ0v) is 81.9. The summed E-state index contributed by atoms with van der Waals surface area (Å²) in [5.74, 6) is 5.82. The maximum absolute atomic E-state index is 7.03. The molecule has 0 N–H and O–H groups in total. The summed E-state index contributed by atoms with van der Waals surface area (Å²) >= 11 is 1.90. The lowest BCUT2D eigenvalue weighted by atomic mass is 9.78. The van der Waals surface area contributed by atoms with Gasteiger partial charge >= 0.3 is 0 Å². The lowest BCUT2D eigenvalue weighted by Crippen LogP contribution is -2.15. The van der Waals surface area contributed by atoms with Gasteiger partial charge in [-0.15, -0.1) is 11.3 Å². The van der Waals surface area contributed by atoms with E-state index in [1.807, 2.05) is 175 Å². The Morgan fingerprint density at radius 2 is 0.436 bits per heavy atom. The van der Waals surface area contributed by atoms with Crippen molar-refractivity contribution in [3.63, 3.8) is 0 Å². The van der Waals surface area contributed by atoms with E-state index < -0.39 is 0 Å². The van der Waals surface area contributed by atoms with Crippen LogP contribution in [0.4, 0.5) is 0 Å². The Morgan fingerprint density at radius 1 is 0.161 bits per heavy atom. The number of benzene rings is 24. The van der Waals surface area contributed by atoms with Gasteiger partial charge in [0.05, 0.1) is 0 Å². The summed E-state index contributed by atoms with van der Waals surface area (Å²) in [4.78, 5) is 45.0. The average Bonchev–Trinajstić information content (AvgIpc) is 1.55. The summed E-state index contributed by atoms with van der Waals surface area (Å²) in [5, 5.41) is 27.7. The van der Waals surface area contributed by atoms with Crippen LogP contribution in [0.25, 0.3) is 286 Å². The van der Waals surface area contributed by atoms with Crippen molar-refractivity contribution in [2.45, 2.75) is 19.3 Å². The molecule has 696 valence electrons. The Balaban J connectivity index is 0.000000108. The molecule has 11 heteroatoms. The Hall–Kier alpha value is -19.3. The molecule has 0 bridgehead atoms. The highest BCUT2D eigenvalue weighted by Crippen LogP contribution is 2.56.